The van der Waals surface area contributed by atoms with E-state index in [1.807, 2.05) is 48.5 Å². The summed E-state index contributed by atoms with van der Waals surface area (Å²) in [5.74, 6) is 1.79. The van der Waals surface area contributed by atoms with Crippen molar-refractivity contribution in [2.24, 2.45) is 0 Å². The lowest BCUT2D eigenvalue weighted by molar-refractivity contribution is 0.306. The molecule has 1 heterocycles. The monoisotopic (exact) mass is 370 g/mol. The molecule has 0 atom stereocenters. The molecule has 5 nitrogen and oxygen atoms in total. The first-order valence-electron chi connectivity index (χ1n) is 10.1. The maximum atomic E-state index is 5.75. The predicted molar refractivity (Wildman–Crippen MR) is 107 cm³/mol. The fourth-order valence-corrected chi connectivity index (χ4v) is 2.78. The van der Waals surface area contributed by atoms with Gasteiger partial charge < -0.3 is 9.47 Å². The van der Waals surface area contributed by atoms with Gasteiger partial charge in [0.1, 0.15) is 22.9 Å². The zero-order valence-electron chi connectivity index (χ0n) is 16.4. The molecule has 0 unspecified atom stereocenters. The maximum absolute atomic E-state index is 5.75. The van der Waals surface area contributed by atoms with Gasteiger partial charge in [-0.3, -0.25) is 0 Å². The second-order valence-corrected chi connectivity index (χ2v) is 6.73. The lowest BCUT2D eigenvalue weighted by atomic mass is 10.2. The highest BCUT2D eigenvalue weighted by atomic mass is 16.8. The molecule has 3 rings (SSSR count). The van der Waals surface area contributed by atoms with Crippen LogP contribution in [-0.2, 0) is 0 Å². The van der Waals surface area contributed by atoms with Crippen molar-refractivity contribution < 1.29 is 14.1 Å². The molecule has 0 amide bonds. The highest BCUT2D eigenvalue weighted by molar-refractivity contribution is 5.39. The van der Waals surface area contributed by atoms with Crippen LogP contribution in [0.4, 0.5) is 0 Å². The van der Waals surface area contributed by atoms with Crippen molar-refractivity contribution in [2.45, 2.75) is 52.4 Å². The van der Waals surface area contributed by atoms with Crippen LogP contribution < -0.4 is 9.47 Å². The first kappa shape index (κ1) is 19.2. The first-order chi connectivity index (χ1) is 13.3. The topological polar surface area (TPSA) is 41.5 Å². The van der Waals surface area contributed by atoms with Gasteiger partial charge in [-0.15, -0.1) is 0 Å². The van der Waals surface area contributed by atoms with E-state index < -0.39 is 0 Å². The Balaban J connectivity index is 1.51. The van der Waals surface area contributed by atoms with E-state index in [-0.39, 0.29) is 0 Å². The lowest BCUT2D eigenvalue weighted by Gasteiger charge is -2.05. The van der Waals surface area contributed by atoms with Crippen LogP contribution in [0.1, 0.15) is 52.4 Å². The normalized spacial score (nSPS) is 11.0. The SMILES string of the molecule is CCCCCOc1ccc(-n2on2-c2ccc(OCCCCC)cc2)cc1. The Morgan fingerprint density at radius 1 is 0.630 bits per heavy atom. The average molecular weight is 370 g/mol. The van der Waals surface area contributed by atoms with Gasteiger partial charge in [-0.1, -0.05) is 49.2 Å². The Morgan fingerprint density at radius 3 is 1.41 bits per heavy atom. The van der Waals surface area contributed by atoms with Gasteiger partial charge in [-0.25, -0.2) is 4.63 Å². The van der Waals surface area contributed by atoms with Gasteiger partial charge in [0.05, 0.1) is 13.2 Å². The summed E-state index contributed by atoms with van der Waals surface area (Å²) >= 11 is 0. The minimum absolute atomic E-state index is 0.770. The van der Waals surface area contributed by atoms with Gasteiger partial charge in [0, 0.05) is 0 Å². The number of rotatable bonds is 12. The molecular weight excluding hydrogens is 340 g/mol. The molecule has 0 radical (unpaired) electrons. The Hall–Kier alpha value is -2.56. The summed E-state index contributed by atoms with van der Waals surface area (Å²) in [7, 11) is 0. The number of hydrogen-bond acceptors (Lipinski definition) is 3. The van der Waals surface area contributed by atoms with Crippen molar-refractivity contribution >= 4 is 0 Å². The minimum Gasteiger partial charge on any atom is -0.494 e. The Labute approximate surface area is 161 Å². The number of aromatic nitrogens is 2. The number of ether oxygens (including phenoxy) is 2. The van der Waals surface area contributed by atoms with E-state index in [2.05, 4.69) is 13.8 Å². The second kappa shape index (κ2) is 9.95. The fraction of sp³-hybridized carbons (Fsp3) is 0.455. The van der Waals surface area contributed by atoms with E-state index in [0.29, 0.717) is 0 Å². The molecule has 1 aromatic heterocycles. The third-order valence-electron chi connectivity index (χ3n) is 4.44. The summed E-state index contributed by atoms with van der Waals surface area (Å²) in [6, 6.07) is 15.9. The van der Waals surface area contributed by atoms with E-state index in [9.17, 15) is 0 Å². The van der Waals surface area contributed by atoms with Gasteiger partial charge in [0.2, 0.25) is 0 Å². The van der Waals surface area contributed by atoms with E-state index in [0.717, 1.165) is 48.9 Å². The molecule has 0 spiro atoms. The summed E-state index contributed by atoms with van der Waals surface area (Å²) in [6.07, 6.45) is 7.01. The fourth-order valence-electron chi connectivity index (χ4n) is 2.78. The Bertz CT molecular complexity index is 701. The molecule has 0 aliphatic carbocycles. The van der Waals surface area contributed by atoms with Crippen LogP contribution in [-0.4, -0.2) is 22.9 Å². The molecule has 2 aromatic carbocycles. The van der Waals surface area contributed by atoms with Gasteiger partial charge in [0.15, 0.2) is 0 Å². The molecule has 3 aromatic rings. The summed E-state index contributed by atoms with van der Waals surface area (Å²) in [5.41, 5.74) is 1.94. The Morgan fingerprint density at radius 2 is 1.04 bits per heavy atom. The smallest absolute Gasteiger partial charge is 0.119 e. The van der Waals surface area contributed by atoms with Crippen LogP contribution in [0.5, 0.6) is 11.5 Å². The van der Waals surface area contributed by atoms with Crippen LogP contribution in [0.3, 0.4) is 0 Å². The van der Waals surface area contributed by atoms with Crippen molar-refractivity contribution in [3.05, 3.63) is 48.5 Å². The van der Waals surface area contributed by atoms with E-state index in [4.69, 9.17) is 14.1 Å². The van der Waals surface area contributed by atoms with Crippen LogP contribution in [0.15, 0.2) is 53.2 Å². The lowest BCUT2D eigenvalue weighted by Crippen LogP contribution is -1.98. The highest BCUT2D eigenvalue weighted by Gasteiger charge is 2.15. The van der Waals surface area contributed by atoms with Crippen molar-refractivity contribution in [1.29, 1.82) is 0 Å². The quantitative estimate of drug-likeness (QED) is 0.367. The van der Waals surface area contributed by atoms with Gasteiger partial charge >= 0.3 is 0 Å². The zero-order valence-corrected chi connectivity index (χ0v) is 16.4. The van der Waals surface area contributed by atoms with Gasteiger partial charge in [-0.05, 0) is 61.4 Å². The van der Waals surface area contributed by atoms with Crippen LogP contribution in [0.2, 0.25) is 0 Å². The van der Waals surface area contributed by atoms with Crippen LogP contribution >= 0.6 is 0 Å². The molecule has 0 aliphatic heterocycles. The molecule has 146 valence electrons. The van der Waals surface area contributed by atoms with Crippen molar-refractivity contribution in [3.63, 3.8) is 0 Å². The summed E-state index contributed by atoms with van der Waals surface area (Å²) in [5, 5.41) is 0. The predicted octanol–water partition coefficient (Wildman–Crippen LogP) is 6.00. The van der Waals surface area contributed by atoms with E-state index in [1.165, 1.54) is 25.7 Å². The Kier molecular flexibility index (Phi) is 7.08. The third kappa shape index (κ3) is 5.71. The number of hydrogen-bond donors (Lipinski definition) is 0. The van der Waals surface area contributed by atoms with Crippen molar-refractivity contribution in [2.75, 3.05) is 13.2 Å². The molecular formula is C22H30N2O3. The first-order valence-corrected chi connectivity index (χ1v) is 10.1. The van der Waals surface area contributed by atoms with Crippen LogP contribution in [0, 0.1) is 0 Å². The van der Waals surface area contributed by atoms with Gasteiger partial charge in [-0.2, -0.15) is 0 Å². The molecule has 5 heteroatoms. The summed E-state index contributed by atoms with van der Waals surface area (Å²) in [4.78, 5) is 3.50. The van der Waals surface area contributed by atoms with E-state index >= 15 is 0 Å². The standard InChI is InChI=1S/C22H30N2O3/c1-3-5-7-17-25-21-13-9-19(10-14-21)23-24(27-23)20-11-15-22(16-12-20)26-18-8-6-4-2/h9-16H,3-8,17-18H2,1-2H3. The molecule has 0 saturated heterocycles. The summed E-state index contributed by atoms with van der Waals surface area (Å²) < 4.78 is 17.1. The number of nitrogens with zero attached hydrogens (tertiary/aromatic N) is 2. The highest BCUT2D eigenvalue weighted by Crippen LogP contribution is 2.23. The molecule has 0 fully saturated rings. The average Bonchev–Trinajstić information content (AvgIpc) is 3.50. The molecule has 0 N–H and O–H groups in total. The van der Waals surface area contributed by atoms with E-state index in [1.54, 1.807) is 9.71 Å². The number of unbranched alkanes of at least 4 members (excludes halogenated alkanes) is 4. The van der Waals surface area contributed by atoms with Crippen LogP contribution in [0.25, 0.3) is 11.4 Å². The number of benzene rings is 2. The zero-order chi connectivity index (χ0) is 18.9. The minimum atomic E-state index is 0.770. The third-order valence-corrected chi connectivity index (χ3v) is 4.44. The maximum Gasteiger partial charge on any atom is 0.119 e. The molecule has 0 bridgehead atoms. The second-order valence-electron chi connectivity index (χ2n) is 6.73. The van der Waals surface area contributed by atoms with Crippen molar-refractivity contribution in [1.82, 2.24) is 9.71 Å². The molecule has 0 aliphatic rings. The van der Waals surface area contributed by atoms with Gasteiger partial charge in [0.25, 0.3) is 0 Å². The van der Waals surface area contributed by atoms with Crippen molar-refractivity contribution in [3.8, 4) is 22.9 Å². The largest absolute Gasteiger partial charge is 0.494 e. The summed E-state index contributed by atoms with van der Waals surface area (Å²) in [6.45, 7) is 5.93. The molecule has 0 saturated carbocycles. The molecule has 27 heavy (non-hydrogen) atoms.